The van der Waals surface area contributed by atoms with Crippen LogP contribution in [-0.2, 0) is 0 Å². The van der Waals surface area contributed by atoms with Crippen LogP contribution in [0.25, 0.3) is 11.0 Å². The lowest BCUT2D eigenvalue weighted by molar-refractivity contribution is 0.368. The number of hydrogen-bond donors (Lipinski definition) is 2. The van der Waals surface area contributed by atoms with Crippen molar-refractivity contribution >= 4 is 27.0 Å². The van der Waals surface area contributed by atoms with E-state index < -0.39 is 0 Å². The highest BCUT2D eigenvalue weighted by Crippen LogP contribution is 2.24. The highest BCUT2D eigenvalue weighted by atomic mass is 79.9. The summed E-state index contributed by atoms with van der Waals surface area (Å²) in [5, 5.41) is 3.32. The predicted molar refractivity (Wildman–Crippen MR) is 71.4 cm³/mol. The van der Waals surface area contributed by atoms with Gasteiger partial charge in [-0.15, -0.1) is 0 Å². The molecule has 4 nitrogen and oxygen atoms in total. The Balaban J connectivity index is 2.16. The van der Waals surface area contributed by atoms with Gasteiger partial charge in [0.1, 0.15) is 0 Å². The number of halogens is 1. The molecule has 2 N–H and O–H groups in total. The first-order valence-electron chi connectivity index (χ1n) is 5.86. The molecule has 0 spiro atoms. The van der Waals surface area contributed by atoms with Gasteiger partial charge < -0.3 is 10.3 Å². The maximum atomic E-state index is 12.0. The van der Waals surface area contributed by atoms with Gasteiger partial charge >= 0.3 is 5.69 Å². The Hall–Kier alpha value is -1.07. The van der Waals surface area contributed by atoms with Gasteiger partial charge in [0.2, 0.25) is 0 Å². The zero-order valence-electron chi connectivity index (χ0n) is 9.37. The number of benzene rings is 1. The molecule has 90 valence electrons. The molecule has 0 atom stereocenters. The summed E-state index contributed by atoms with van der Waals surface area (Å²) in [5.74, 6) is 0. The largest absolute Gasteiger partial charge is 0.326 e. The molecule has 0 unspecified atom stereocenters. The molecule has 1 aromatic carbocycles. The lowest BCUT2D eigenvalue weighted by Gasteiger charge is -2.23. The zero-order chi connectivity index (χ0) is 11.8. The molecule has 3 rings (SSSR count). The lowest BCUT2D eigenvalue weighted by Crippen LogP contribution is -2.33. The zero-order valence-corrected chi connectivity index (χ0v) is 11.0. The standard InChI is InChI=1S/C12H14BrN3O/c13-8-1-2-10-11(7-8)16(12(17)15-10)9-3-5-14-6-4-9/h1-2,7,9,14H,3-6H2,(H,15,17). The Kier molecular flexibility index (Phi) is 2.80. The molecule has 1 aliphatic heterocycles. The molecule has 0 radical (unpaired) electrons. The first-order valence-corrected chi connectivity index (χ1v) is 6.65. The predicted octanol–water partition coefficient (Wildman–Crippen LogP) is 2.02. The van der Waals surface area contributed by atoms with Crippen molar-refractivity contribution in [2.24, 2.45) is 0 Å². The average Bonchev–Trinajstić information content (AvgIpc) is 2.65. The molecular weight excluding hydrogens is 282 g/mol. The quantitative estimate of drug-likeness (QED) is 0.846. The van der Waals surface area contributed by atoms with E-state index in [0.717, 1.165) is 41.4 Å². The summed E-state index contributed by atoms with van der Waals surface area (Å²) in [5.41, 5.74) is 1.91. The third-order valence-corrected chi connectivity index (χ3v) is 3.85. The second-order valence-corrected chi connectivity index (χ2v) is 5.36. The summed E-state index contributed by atoms with van der Waals surface area (Å²) in [7, 11) is 0. The van der Waals surface area contributed by atoms with E-state index in [4.69, 9.17) is 0 Å². The van der Waals surface area contributed by atoms with Crippen molar-refractivity contribution in [3.63, 3.8) is 0 Å². The Bertz CT molecular complexity index is 595. The number of aromatic nitrogens is 2. The third-order valence-electron chi connectivity index (χ3n) is 3.35. The minimum absolute atomic E-state index is 0.00463. The van der Waals surface area contributed by atoms with Gasteiger partial charge in [-0.3, -0.25) is 4.57 Å². The van der Waals surface area contributed by atoms with E-state index in [1.807, 2.05) is 22.8 Å². The Morgan fingerprint density at radius 1 is 1.29 bits per heavy atom. The van der Waals surface area contributed by atoms with E-state index in [0.29, 0.717) is 6.04 Å². The smallest absolute Gasteiger partial charge is 0.317 e. The summed E-state index contributed by atoms with van der Waals surface area (Å²) >= 11 is 3.46. The van der Waals surface area contributed by atoms with Crippen molar-refractivity contribution < 1.29 is 0 Å². The van der Waals surface area contributed by atoms with Gasteiger partial charge in [-0.2, -0.15) is 0 Å². The van der Waals surface area contributed by atoms with E-state index in [1.165, 1.54) is 0 Å². The summed E-state index contributed by atoms with van der Waals surface area (Å²) in [6, 6.07) is 6.21. The van der Waals surface area contributed by atoms with Gasteiger partial charge in [0.15, 0.2) is 0 Å². The monoisotopic (exact) mass is 295 g/mol. The summed E-state index contributed by atoms with van der Waals surface area (Å²) in [4.78, 5) is 14.9. The number of piperidine rings is 1. The second kappa shape index (κ2) is 4.31. The second-order valence-electron chi connectivity index (χ2n) is 4.44. The van der Waals surface area contributed by atoms with Gasteiger partial charge in [0.05, 0.1) is 11.0 Å². The Labute approximate surface area is 107 Å². The van der Waals surface area contributed by atoms with Gasteiger partial charge in [-0.1, -0.05) is 15.9 Å². The molecule has 1 aromatic heterocycles. The fourth-order valence-corrected chi connectivity index (χ4v) is 2.87. The maximum Gasteiger partial charge on any atom is 0.326 e. The van der Waals surface area contributed by atoms with E-state index in [9.17, 15) is 4.79 Å². The molecule has 0 saturated carbocycles. The first kappa shape index (κ1) is 11.0. The number of nitrogens with one attached hydrogen (secondary N) is 2. The van der Waals surface area contributed by atoms with Crippen molar-refractivity contribution in [1.29, 1.82) is 0 Å². The van der Waals surface area contributed by atoms with Crippen molar-refractivity contribution in [1.82, 2.24) is 14.9 Å². The van der Waals surface area contributed by atoms with E-state index in [-0.39, 0.29) is 5.69 Å². The van der Waals surface area contributed by atoms with Crippen LogP contribution in [0.4, 0.5) is 0 Å². The molecule has 2 aromatic rings. The number of rotatable bonds is 1. The van der Waals surface area contributed by atoms with Crippen LogP contribution in [0.15, 0.2) is 27.5 Å². The van der Waals surface area contributed by atoms with Gasteiger partial charge in [-0.25, -0.2) is 4.79 Å². The Morgan fingerprint density at radius 3 is 2.82 bits per heavy atom. The maximum absolute atomic E-state index is 12.0. The van der Waals surface area contributed by atoms with Crippen LogP contribution in [0.2, 0.25) is 0 Å². The van der Waals surface area contributed by atoms with Crippen molar-refractivity contribution in [3.8, 4) is 0 Å². The van der Waals surface area contributed by atoms with Crippen LogP contribution < -0.4 is 11.0 Å². The van der Waals surface area contributed by atoms with Crippen molar-refractivity contribution in [2.45, 2.75) is 18.9 Å². The van der Waals surface area contributed by atoms with Crippen molar-refractivity contribution in [3.05, 3.63) is 33.2 Å². The highest BCUT2D eigenvalue weighted by molar-refractivity contribution is 9.10. The highest BCUT2D eigenvalue weighted by Gasteiger charge is 2.19. The van der Waals surface area contributed by atoms with Gasteiger partial charge in [0, 0.05) is 10.5 Å². The number of fused-ring (bicyclic) bond motifs is 1. The summed E-state index contributed by atoms with van der Waals surface area (Å²) in [6.07, 6.45) is 2.03. The minimum Gasteiger partial charge on any atom is -0.317 e. The van der Waals surface area contributed by atoms with Crippen LogP contribution in [-0.4, -0.2) is 22.6 Å². The molecule has 0 aliphatic carbocycles. The number of imidazole rings is 1. The van der Waals surface area contributed by atoms with E-state index in [2.05, 4.69) is 26.2 Å². The van der Waals surface area contributed by atoms with E-state index >= 15 is 0 Å². The fraction of sp³-hybridized carbons (Fsp3) is 0.417. The molecule has 0 amide bonds. The number of aromatic amines is 1. The van der Waals surface area contributed by atoms with Crippen LogP contribution in [0.1, 0.15) is 18.9 Å². The average molecular weight is 296 g/mol. The molecule has 1 saturated heterocycles. The molecule has 1 fully saturated rings. The van der Waals surface area contributed by atoms with Gasteiger partial charge in [0.25, 0.3) is 0 Å². The van der Waals surface area contributed by atoms with Gasteiger partial charge in [-0.05, 0) is 44.1 Å². The molecule has 2 heterocycles. The van der Waals surface area contributed by atoms with E-state index in [1.54, 1.807) is 0 Å². The van der Waals surface area contributed by atoms with Crippen LogP contribution in [0.3, 0.4) is 0 Å². The molecule has 5 heteroatoms. The molecule has 17 heavy (non-hydrogen) atoms. The number of hydrogen-bond acceptors (Lipinski definition) is 2. The summed E-state index contributed by atoms with van der Waals surface area (Å²) in [6.45, 7) is 1.97. The SMILES string of the molecule is O=c1[nH]c2ccc(Br)cc2n1C1CCNCC1. The summed E-state index contributed by atoms with van der Waals surface area (Å²) < 4.78 is 2.91. The number of H-pyrrole nitrogens is 1. The molecule has 1 aliphatic rings. The minimum atomic E-state index is 0.00463. The first-order chi connectivity index (χ1) is 8.25. The molecular formula is C12H14BrN3O. The van der Waals surface area contributed by atoms with Crippen LogP contribution in [0, 0.1) is 0 Å². The molecule has 0 bridgehead atoms. The lowest BCUT2D eigenvalue weighted by atomic mass is 10.1. The number of nitrogens with zero attached hydrogens (tertiary/aromatic N) is 1. The van der Waals surface area contributed by atoms with Crippen LogP contribution in [0.5, 0.6) is 0 Å². The van der Waals surface area contributed by atoms with Crippen LogP contribution >= 0.6 is 15.9 Å². The van der Waals surface area contributed by atoms with Crippen molar-refractivity contribution in [2.75, 3.05) is 13.1 Å². The Morgan fingerprint density at radius 2 is 2.06 bits per heavy atom. The fourth-order valence-electron chi connectivity index (χ4n) is 2.52. The third kappa shape index (κ3) is 1.93. The topological polar surface area (TPSA) is 49.8 Å². The normalized spacial score (nSPS) is 17.7.